The highest BCUT2D eigenvalue weighted by Crippen LogP contribution is 2.19. The molecule has 16 heavy (non-hydrogen) atoms. The van der Waals surface area contributed by atoms with E-state index in [9.17, 15) is 15.0 Å². The van der Waals surface area contributed by atoms with Gasteiger partial charge in [-0.3, -0.25) is 4.79 Å². The predicted octanol–water partition coefficient (Wildman–Crippen LogP) is -0.698. The highest BCUT2D eigenvalue weighted by atomic mass is 16.4. The Kier molecular flexibility index (Phi) is 4.48. The number of aliphatic hydroxyl groups is 3. The van der Waals surface area contributed by atoms with Gasteiger partial charge in [-0.2, -0.15) is 0 Å². The summed E-state index contributed by atoms with van der Waals surface area (Å²) in [6.45, 7) is 0.982. The van der Waals surface area contributed by atoms with Crippen LogP contribution in [0.25, 0.3) is 0 Å². The standard InChI is InChI=1S/C10H15NO5/c1-6(13)11-4-8(14)10(15)9-3-2-7(5-12)16-9/h2-3,8,10,12,14-15H,4-5H2,1H3,(H,11,13). The lowest BCUT2D eigenvalue weighted by atomic mass is 10.1. The predicted molar refractivity (Wildman–Crippen MR) is 54.3 cm³/mol. The van der Waals surface area contributed by atoms with Gasteiger partial charge in [-0.1, -0.05) is 0 Å². The molecule has 1 aromatic rings. The van der Waals surface area contributed by atoms with Crippen molar-refractivity contribution in [3.8, 4) is 0 Å². The highest BCUT2D eigenvalue weighted by Gasteiger charge is 2.21. The molecule has 0 saturated heterocycles. The highest BCUT2D eigenvalue weighted by molar-refractivity contribution is 5.72. The van der Waals surface area contributed by atoms with Crippen molar-refractivity contribution < 1.29 is 24.5 Å². The van der Waals surface area contributed by atoms with E-state index in [1.807, 2.05) is 0 Å². The van der Waals surface area contributed by atoms with Gasteiger partial charge < -0.3 is 25.1 Å². The second-order valence-corrected chi connectivity index (χ2v) is 3.41. The Morgan fingerprint density at radius 2 is 2.19 bits per heavy atom. The molecule has 1 rings (SSSR count). The SMILES string of the molecule is CC(=O)NCC(O)C(O)c1ccc(CO)o1. The van der Waals surface area contributed by atoms with E-state index in [4.69, 9.17) is 9.52 Å². The first-order valence-corrected chi connectivity index (χ1v) is 4.84. The fourth-order valence-electron chi connectivity index (χ4n) is 1.19. The third kappa shape index (κ3) is 3.34. The van der Waals surface area contributed by atoms with Crippen LogP contribution in [0.1, 0.15) is 24.5 Å². The number of rotatable bonds is 5. The Labute approximate surface area is 92.5 Å². The molecule has 0 saturated carbocycles. The van der Waals surface area contributed by atoms with E-state index in [0.717, 1.165) is 0 Å². The van der Waals surface area contributed by atoms with Crippen LogP contribution in [-0.2, 0) is 11.4 Å². The van der Waals surface area contributed by atoms with Crippen molar-refractivity contribution in [1.82, 2.24) is 5.32 Å². The number of nitrogens with one attached hydrogen (secondary N) is 1. The van der Waals surface area contributed by atoms with Crippen LogP contribution in [0.2, 0.25) is 0 Å². The van der Waals surface area contributed by atoms with Gasteiger partial charge in [-0.25, -0.2) is 0 Å². The molecule has 0 spiro atoms. The first-order valence-electron chi connectivity index (χ1n) is 4.84. The van der Waals surface area contributed by atoms with Crippen LogP contribution in [0.5, 0.6) is 0 Å². The second kappa shape index (κ2) is 5.64. The molecule has 4 N–H and O–H groups in total. The lowest BCUT2D eigenvalue weighted by Gasteiger charge is -2.15. The van der Waals surface area contributed by atoms with Gasteiger partial charge in [0.05, 0.1) is 0 Å². The van der Waals surface area contributed by atoms with E-state index in [1.54, 1.807) is 0 Å². The number of carbonyl (C=O) groups is 1. The minimum atomic E-state index is -1.23. The fourth-order valence-corrected chi connectivity index (χ4v) is 1.19. The fraction of sp³-hybridized carbons (Fsp3) is 0.500. The molecule has 0 fully saturated rings. The molecule has 6 heteroatoms. The lowest BCUT2D eigenvalue weighted by molar-refractivity contribution is -0.119. The van der Waals surface area contributed by atoms with Gasteiger partial charge in [0, 0.05) is 13.5 Å². The van der Waals surface area contributed by atoms with Gasteiger partial charge in [-0.05, 0) is 12.1 Å². The van der Waals surface area contributed by atoms with Gasteiger partial charge in [0.15, 0.2) is 0 Å². The third-order valence-corrected chi connectivity index (χ3v) is 2.05. The average Bonchev–Trinajstić information content (AvgIpc) is 2.73. The maximum atomic E-state index is 10.6. The summed E-state index contributed by atoms with van der Waals surface area (Å²) in [5, 5.41) is 30.3. The summed E-state index contributed by atoms with van der Waals surface area (Å²) < 4.78 is 5.05. The number of hydrogen-bond acceptors (Lipinski definition) is 5. The van der Waals surface area contributed by atoms with Gasteiger partial charge in [-0.15, -0.1) is 0 Å². The number of amides is 1. The zero-order valence-corrected chi connectivity index (χ0v) is 8.88. The molecule has 0 aliphatic heterocycles. The zero-order chi connectivity index (χ0) is 12.1. The van der Waals surface area contributed by atoms with Crippen LogP contribution in [0.15, 0.2) is 16.5 Å². The first-order chi connectivity index (χ1) is 7.54. The van der Waals surface area contributed by atoms with Crippen molar-refractivity contribution in [3.05, 3.63) is 23.7 Å². The Bertz CT molecular complexity index is 349. The van der Waals surface area contributed by atoms with E-state index in [2.05, 4.69) is 5.32 Å². The van der Waals surface area contributed by atoms with E-state index in [0.29, 0.717) is 5.76 Å². The van der Waals surface area contributed by atoms with Crippen LogP contribution < -0.4 is 5.32 Å². The number of furan rings is 1. The Morgan fingerprint density at radius 3 is 2.69 bits per heavy atom. The molecule has 1 aromatic heterocycles. The molecule has 0 aliphatic carbocycles. The molecule has 0 bridgehead atoms. The zero-order valence-electron chi connectivity index (χ0n) is 8.88. The van der Waals surface area contributed by atoms with Crippen molar-refractivity contribution >= 4 is 5.91 Å². The van der Waals surface area contributed by atoms with Crippen LogP contribution in [-0.4, -0.2) is 33.9 Å². The molecular weight excluding hydrogens is 214 g/mol. The van der Waals surface area contributed by atoms with Crippen LogP contribution >= 0.6 is 0 Å². The van der Waals surface area contributed by atoms with Gasteiger partial charge in [0.2, 0.25) is 5.91 Å². The summed E-state index contributed by atoms with van der Waals surface area (Å²) >= 11 is 0. The van der Waals surface area contributed by atoms with Gasteiger partial charge in [0.25, 0.3) is 0 Å². The largest absolute Gasteiger partial charge is 0.461 e. The maximum absolute atomic E-state index is 10.6. The van der Waals surface area contributed by atoms with Crippen molar-refractivity contribution in [2.75, 3.05) is 6.54 Å². The van der Waals surface area contributed by atoms with Gasteiger partial charge >= 0.3 is 0 Å². The van der Waals surface area contributed by atoms with E-state index >= 15 is 0 Å². The topological polar surface area (TPSA) is 103 Å². The summed E-state index contributed by atoms with van der Waals surface area (Å²) in [7, 11) is 0. The molecule has 1 amide bonds. The van der Waals surface area contributed by atoms with E-state index in [1.165, 1.54) is 19.1 Å². The average molecular weight is 229 g/mol. The van der Waals surface area contributed by atoms with Crippen LogP contribution in [0.4, 0.5) is 0 Å². The molecule has 90 valence electrons. The summed E-state index contributed by atoms with van der Waals surface area (Å²) in [5.41, 5.74) is 0. The minimum absolute atomic E-state index is 0.0638. The third-order valence-electron chi connectivity index (χ3n) is 2.05. The van der Waals surface area contributed by atoms with Crippen molar-refractivity contribution in [2.45, 2.75) is 25.7 Å². The van der Waals surface area contributed by atoms with Crippen molar-refractivity contribution in [1.29, 1.82) is 0 Å². The lowest BCUT2D eigenvalue weighted by Crippen LogP contribution is -2.34. The maximum Gasteiger partial charge on any atom is 0.216 e. The molecule has 1 heterocycles. The van der Waals surface area contributed by atoms with Crippen molar-refractivity contribution in [2.24, 2.45) is 0 Å². The normalized spacial score (nSPS) is 14.5. The molecule has 6 nitrogen and oxygen atoms in total. The Morgan fingerprint density at radius 1 is 1.50 bits per heavy atom. The summed E-state index contributed by atoms with van der Waals surface area (Å²) in [6.07, 6.45) is -2.38. The second-order valence-electron chi connectivity index (χ2n) is 3.41. The van der Waals surface area contributed by atoms with Crippen LogP contribution in [0, 0.1) is 0 Å². The molecular formula is C10H15NO5. The van der Waals surface area contributed by atoms with Crippen LogP contribution in [0.3, 0.4) is 0 Å². The molecule has 0 aromatic carbocycles. The minimum Gasteiger partial charge on any atom is -0.461 e. The molecule has 0 aliphatic rings. The van der Waals surface area contributed by atoms with Gasteiger partial charge in [0.1, 0.15) is 30.3 Å². The first kappa shape index (κ1) is 12.7. The smallest absolute Gasteiger partial charge is 0.216 e. The molecule has 2 unspecified atom stereocenters. The number of aliphatic hydroxyl groups excluding tert-OH is 3. The number of carbonyl (C=O) groups excluding carboxylic acids is 1. The monoisotopic (exact) mass is 229 g/mol. The quantitative estimate of drug-likeness (QED) is 0.534. The van der Waals surface area contributed by atoms with E-state index in [-0.39, 0.29) is 24.8 Å². The van der Waals surface area contributed by atoms with Crippen molar-refractivity contribution in [3.63, 3.8) is 0 Å². The summed E-state index contributed by atoms with van der Waals surface area (Å²) in [4.78, 5) is 10.6. The Hall–Kier alpha value is -1.37. The summed E-state index contributed by atoms with van der Waals surface area (Å²) in [5.74, 6) is 0.171. The Balaban J connectivity index is 2.55. The molecule has 0 radical (unpaired) electrons. The van der Waals surface area contributed by atoms with E-state index < -0.39 is 12.2 Å². The summed E-state index contributed by atoms with van der Waals surface area (Å²) in [6, 6.07) is 2.97. The number of hydrogen-bond donors (Lipinski definition) is 4. The molecule has 2 atom stereocenters.